The van der Waals surface area contributed by atoms with Gasteiger partial charge in [0.25, 0.3) is 0 Å². The zero-order valence-electron chi connectivity index (χ0n) is 12.9. The third-order valence-electron chi connectivity index (χ3n) is 3.70. The molecule has 0 saturated carbocycles. The summed E-state index contributed by atoms with van der Waals surface area (Å²) in [4.78, 5) is 16.0. The lowest BCUT2D eigenvalue weighted by atomic mass is 10.1. The van der Waals surface area contributed by atoms with E-state index in [1.54, 1.807) is 43.3 Å². The number of nitrogens with two attached hydrogens (primary N) is 1. The Morgan fingerprint density at radius 2 is 1.58 bits per heavy atom. The smallest absolute Gasteiger partial charge is 0.242 e. The summed E-state index contributed by atoms with van der Waals surface area (Å²) in [5.41, 5.74) is 6.23. The molecule has 1 heterocycles. The molecule has 0 radical (unpaired) electrons. The van der Waals surface area contributed by atoms with E-state index in [1.165, 1.54) is 16.8 Å². The van der Waals surface area contributed by atoms with Crippen LogP contribution in [-0.4, -0.2) is 30.9 Å². The summed E-state index contributed by atoms with van der Waals surface area (Å²) >= 11 is 0. The number of benzene rings is 2. The Labute approximate surface area is 138 Å². The molecular formula is C17H16N4O3. The molecule has 0 spiro atoms. The van der Waals surface area contributed by atoms with E-state index in [0.717, 1.165) is 0 Å². The van der Waals surface area contributed by atoms with Gasteiger partial charge in [-0.05, 0) is 31.2 Å². The first-order valence-corrected chi connectivity index (χ1v) is 7.31. The molecule has 4 N–H and O–H groups in total. The number of primary amides is 1. The summed E-state index contributed by atoms with van der Waals surface area (Å²) in [6.07, 6.45) is 0. The number of aromatic nitrogens is 3. The molecule has 0 bridgehead atoms. The zero-order valence-corrected chi connectivity index (χ0v) is 12.9. The van der Waals surface area contributed by atoms with Crippen molar-refractivity contribution in [3.8, 4) is 34.3 Å². The third-order valence-corrected chi connectivity index (χ3v) is 3.70. The molecule has 1 atom stereocenters. The molecule has 2 aromatic carbocycles. The molecule has 0 aliphatic rings. The number of hydrogen-bond donors (Lipinski definition) is 3. The van der Waals surface area contributed by atoms with Crippen LogP contribution in [0.1, 0.15) is 13.0 Å². The minimum atomic E-state index is -0.772. The second-order valence-electron chi connectivity index (χ2n) is 5.32. The average molecular weight is 324 g/mol. The number of para-hydroxylation sites is 2. The molecule has 3 rings (SSSR count). The van der Waals surface area contributed by atoms with E-state index in [9.17, 15) is 15.0 Å². The SMILES string of the molecule is CC(C(N)=O)n1nc(-c2ccccc2O)nc1-c1ccccc1O. The highest BCUT2D eigenvalue weighted by atomic mass is 16.3. The molecule has 0 saturated heterocycles. The summed E-state index contributed by atoms with van der Waals surface area (Å²) in [6.45, 7) is 1.59. The van der Waals surface area contributed by atoms with Gasteiger partial charge in [-0.2, -0.15) is 0 Å². The summed E-state index contributed by atoms with van der Waals surface area (Å²) in [5.74, 6) is -0.0330. The van der Waals surface area contributed by atoms with Gasteiger partial charge < -0.3 is 15.9 Å². The molecule has 3 aromatic rings. The van der Waals surface area contributed by atoms with Gasteiger partial charge in [0.15, 0.2) is 11.6 Å². The molecule has 122 valence electrons. The van der Waals surface area contributed by atoms with Gasteiger partial charge in [-0.15, -0.1) is 5.10 Å². The number of carbonyl (C=O) groups is 1. The molecule has 1 amide bonds. The van der Waals surface area contributed by atoms with E-state index in [0.29, 0.717) is 11.1 Å². The van der Waals surface area contributed by atoms with Crippen LogP contribution < -0.4 is 5.73 Å². The van der Waals surface area contributed by atoms with E-state index in [2.05, 4.69) is 10.1 Å². The molecule has 1 aromatic heterocycles. The van der Waals surface area contributed by atoms with Crippen LogP contribution in [0.2, 0.25) is 0 Å². The maximum absolute atomic E-state index is 11.6. The van der Waals surface area contributed by atoms with Crippen LogP contribution in [0, 0.1) is 0 Å². The highest BCUT2D eigenvalue weighted by Crippen LogP contribution is 2.33. The first-order valence-electron chi connectivity index (χ1n) is 7.31. The van der Waals surface area contributed by atoms with Crippen molar-refractivity contribution in [3.05, 3.63) is 48.5 Å². The van der Waals surface area contributed by atoms with E-state index < -0.39 is 11.9 Å². The molecule has 24 heavy (non-hydrogen) atoms. The first kappa shape index (κ1) is 15.5. The average Bonchev–Trinajstić information content (AvgIpc) is 2.99. The Morgan fingerprint density at radius 3 is 2.12 bits per heavy atom. The minimum Gasteiger partial charge on any atom is -0.507 e. The van der Waals surface area contributed by atoms with Crippen molar-refractivity contribution in [2.45, 2.75) is 13.0 Å². The number of phenolic OH excluding ortho intramolecular Hbond substituents is 2. The quantitative estimate of drug-likeness (QED) is 0.679. The Kier molecular flexibility index (Phi) is 3.91. The molecular weight excluding hydrogens is 308 g/mol. The Bertz CT molecular complexity index is 904. The maximum Gasteiger partial charge on any atom is 0.242 e. The van der Waals surface area contributed by atoms with Gasteiger partial charge in [0, 0.05) is 0 Å². The normalized spacial score (nSPS) is 12.0. The van der Waals surface area contributed by atoms with Crippen LogP contribution in [0.25, 0.3) is 22.8 Å². The van der Waals surface area contributed by atoms with Crippen molar-refractivity contribution in [1.82, 2.24) is 14.8 Å². The second kappa shape index (κ2) is 6.04. The van der Waals surface area contributed by atoms with Crippen molar-refractivity contribution in [2.75, 3.05) is 0 Å². The van der Waals surface area contributed by atoms with Crippen LogP contribution in [0.4, 0.5) is 0 Å². The van der Waals surface area contributed by atoms with Gasteiger partial charge in [0.2, 0.25) is 5.91 Å². The lowest BCUT2D eigenvalue weighted by molar-refractivity contribution is -0.120. The standard InChI is InChI=1S/C17H16N4O3/c1-10(15(18)24)21-17(12-7-3-5-9-14(12)23)19-16(20-21)11-6-2-4-8-13(11)22/h2-10,22-23H,1H3,(H2,18,24). The highest BCUT2D eigenvalue weighted by Gasteiger charge is 2.23. The third kappa shape index (κ3) is 2.67. The zero-order chi connectivity index (χ0) is 17.3. The van der Waals surface area contributed by atoms with Crippen molar-refractivity contribution in [3.63, 3.8) is 0 Å². The minimum absolute atomic E-state index is 0.00616. The predicted octanol–water partition coefficient (Wildman–Crippen LogP) is 2.07. The van der Waals surface area contributed by atoms with Crippen LogP contribution >= 0.6 is 0 Å². The Balaban J connectivity index is 2.22. The summed E-state index contributed by atoms with van der Waals surface area (Å²) < 4.78 is 1.35. The highest BCUT2D eigenvalue weighted by molar-refractivity contribution is 5.79. The van der Waals surface area contributed by atoms with Crippen LogP contribution in [0.3, 0.4) is 0 Å². The number of phenols is 2. The van der Waals surface area contributed by atoms with Crippen molar-refractivity contribution < 1.29 is 15.0 Å². The van der Waals surface area contributed by atoms with Gasteiger partial charge in [0.05, 0.1) is 11.1 Å². The van der Waals surface area contributed by atoms with E-state index >= 15 is 0 Å². The molecule has 7 heteroatoms. The van der Waals surface area contributed by atoms with Gasteiger partial charge in [-0.25, -0.2) is 9.67 Å². The second-order valence-corrected chi connectivity index (χ2v) is 5.32. The first-order chi connectivity index (χ1) is 11.5. The summed E-state index contributed by atoms with van der Waals surface area (Å²) in [7, 11) is 0. The summed E-state index contributed by atoms with van der Waals surface area (Å²) in [5, 5.41) is 24.4. The van der Waals surface area contributed by atoms with Gasteiger partial charge in [-0.3, -0.25) is 4.79 Å². The fourth-order valence-electron chi connectivity index (χ4n) is 2.34. The van der Waals surface area contributed by atoms with E-state index in [1.807, 2.05) is 0 Å². The van der Waals surface area contributed by atoms with Crippen molar-refractivity contribution in [2.24, 2.45) is 5.73 Å². The van der Waals surface area contributed by atoms with E-state index in [4.69, 9.17) is 5.73 Å². The molecule has 7 nitrogen and oxygen atoms in total. The number of carbonyl (C=O) groups excluding carboxylic acids is 1. The van der Waals surface area contributed by atoms with Crippen LogP contribution in [0.5, 0.6) is 11.5 Å². The van der Waals surface area contributed by atoms with Crippen LogP contribution in [-0.2, 0) is 4.79 Å². The van der Waals surface area contributed by atoms with Crippen molar-refractivity contribution in [1.29, 1.82) is 0 Å². The predicted molar refractivity (Wildman–Crippen MR) is 88.1 cm³/mol. The fourth-order valence-corrected chi connectivity index (χ4v) is 2.34. The topological polar surface area (TPSA) is 114 Å². The lowest BCUT2D eigenvalue weighted by Crippen LogP contribution is -2.25. The Hall–Kier alpha value is -3.35. The van der Waals surface area contributed by atoms with Gasteiger partial charge in [-0.1, -0.05) is 24.3 Å². The molecule has 0 aliphatic carbocycles. The van der Waals surface area contributed by atoms with Crippen molar-refractivity contribution >= 4 is 5.91 Å². The maximum atomic E-state index is 11.6. The molecule has 0 aliphatic heterocycles. The van der Waals surface area contributed by atoms with Crippen LogP contribution in [0.15, 0.2) is 48.5 Å². The number of rotatable bonds is 4. The fraction of sp³-hybridized carbons (Fsp3) is 0.118. The number of hydrogen-bond acceptors (Lipinski definition) is 5. The largest absolute Gasteiger partial charge is 0.507 e. The lowest BCUT2D eigenvalue weighted by Gasteiger charge is -2.11. The number of nitrogens with zero attached hydrogens (tertiary/aromatic N) is 3. The summed E-state index contributed by atoms with van der Waals surface area (Å²) in [6, 6.07) is 12.4. The Morgan fingerprint density at radius 1 is 1.04 bits per heavy atom. The van der Waals surface area contributed by atoms with Gasteiger partial charge in [0.1, 0.15) is 17.5 Å². The monoisotopic (exact) mass is 324 g/mol. The van der Waals surface area contributed by atoms with Gasteiger partial charge >= 0.3 is 0 Å². The van der Waals surface area contributed by atoms with E-state index in [-0.39, 0.29) is 23.1 Å². The number of aromatic hydroxyl groups is 2. The molecule has 1 unspecified atom stereocenters. The number of amides is 1. The molecule has 0 fully saturated rings.